The number of thiazole rings is 1. The van der Waals surface area contributed by atoms with Gasteiger partial charge in [0.2, 0.25) is 0 Å². The molecule has 1 heterocycles. The van der Waals surface area contributed by atoms with Crippen LogP contribution in [-0.4, -0.2) is 10.2 Å². The molecule has 0 spiro atoms. The highest BCUT2D eigenvalue weighted by Crippen LogP contribution is 2.32. The highest BCUT2D eigenvalue weighted by molar-refractivity contribution is 8.01. The summed E-state index contributed by atoms with van der Waals surface area (Å²) < 4.78 is 2.27. The van der Waals surface area contributed by atoms with E-state index in [0.29, 0.717) is 11.7 Å². The summed E-state index contributed by atoms with van der Waals surface area (Å²) in [4.78, 5) is 4.51. The zero-order valence-electron chi connectivity index (χ0n) is 8.30. The van der Waals surface area contributed by atoms with Crippen LogP contribution in [0.4, 0.5) is 0 Å². The zero-order chi connectivity index (χ0) is 10.7. The molecule has 1 aromatic heterocycles. The SMILES string of the molecule is CC(CC#N)Sc1nc2ccccc2s1. The number of hydrogen-bond donors (Lipinski definition) is 0. The van der Waals surface area contributed by atoms with Gasteiger partial charge in [-0.1, -0.05) is 30.8 Å². The number of aromatic nitrogens is 1. The van der Waals surface area contributed by atoms with Crippen molar-refractivity contribution in [1.82, 2.24) is 4.98 Å². The van der Waals surface area contributed by atoms with Gasteiger partial charge in [0.05, 0.1) is 16.3 Å². The van der Waals surface area contributed by atoms with E-state index in [1.54, 1.807) is 23.1 Å². The van der Waals surface area contributed by atoms with Crippen molar-refractivity contribution in [3.63, 3.8) is 0 Å². The molecule has 1 atom stereocenters. The summed E-state index contributed by atoms with van der Waals surface area (Å²) in [6.45, 7) is 2.06. The fourth-order valence-corrected chi connectivity index (χ4v) is 3.55. The summed E-state index contributed by atoms with van der Waals surface area (Å²) in [7, 11) is 0. The molecule has 2 aromatic rings. The number of hydrogen-bond acceptors (Lipinski definition) is 4. The first-order chi connectivity index (χ1) is 7.29. The van der Waals surface area contributed by atoms with E-state index in [9.17, 15) is 0 Å². The zero-order valence-corrected chi connectivity index (χ0v) is 9.94. The lowest BCUT2D eigenvalue weighted by Crippen LogP contribution is -1.92. The Morgan fingerprint density at radius 1 is 1.53 bits per heavy atom. The Bertz CT molecular complexity index is 466. The summed E-state index contributed by atoms with van der Waals surface area (Å²) in [6.07, 6.45) is 0.570. The lowest BCUT2D eigenvalue weighted by atomic mass is 10.3. The minimum Gasteiger partial charge on any atom is -0.230 e. The van der Waals surface area contributed by atoms with E-state index in [1.165, 1.54) is 4.70 Å². The van der Waals surface area contributed by atoms with Crippen molar-refractivity contribution in [3.05, 3.63) is 24.3 Å². The fraction of sp³-hybridized carbons (Fsp3) is 0.273. The molecular weight excluding hydrogens is 224 g/mol. The van der Waals surface area contributed by atoms with Crippen molar-refractivity contribution < 1.29 is 0 Å². The second kappa shape index (κ2) is 4.65. The van der Waals surface area contributed by atoms with E-state index in [4.69, 9.17) is 5.26 Å². The Morgan fingerprint density at radius 2 is 2.33 bits per heavy atom. The first-order valence-corrected chi connectivity index (χ1v) is 6.38. The molecular formula is C11H10N2S2. The van der Waals surface area contributed by atoms with E-state index in [1.807, 2.05) is 18.2 Å². The standard InChI is InChI=1S/C11H10N2S2/c1-8(6-7-12)14-11-13-9-4-2-3-5-10(9)15-11/h2-5,8H,6H2,1H3. The Hall–Kier alpha value is -1.05. The van der Waals surface area contributed by atoms with E-state index in [-0.39, 0.29) is 0 Å². The van der Waals surface area contributed by atoms with Crippen molar-refractivity contribution in [2.75, 3.05) is 0 Å². The van der Waals surface area contributed by atoms with Crippen LogP contribution in [0.25, 0.3) is 10.2 Å². The van der Waals surface area contributed by atoms with Crippen LogP contribution in [0.5, 0.6) is 0 Å². The molecule has 0 saturated carbocycles. The summed E-state index contributed by atoms with van der Waals surface area (Å²) in [6, 6.07) is 10.3. The molecule has 0 bridgehead atoms. The summed E-state index contributed by atoms with van der Waals surface area (Å²) >= 11 is 3.37. The van der Waals surface area contributed by atoms with E-state index in [2.05, 4.69) is 24.0 Å². The number of rotatable bonds is 3. The monoisotopic (exact) mass is 234 g/mol. The van der Waals surface area contributed by atoms with Gasteiger partial charge in [0.1, 0.15) is 0 Å². The number of fused-ring (bicyclic) bond motifs is 1. The van der Waals surface area contributed by atoms with Crippen molar-refractivity contribution in [2.24, 2.45) is 0 Å². The van der Waals surface area contributed by atoms with Gasteiger partial charge in [-0.25, -0.2) is 4.98 Å². The van der Waals surface area contributed by atoms with Gasteiger partial charge in [-0.2, -0.15) is 5.26 Å². The van der Waals surface area contributed by atoms with Gasteiger partial charge in [0.25, 0.3) is 0 Å². The molecule has 1 aromatic carbocycles. The minimum absolute atomic E-state index is 0.315. The fourth-order valence-electron chi connectivity index (χ4n) is 1.24. The molecule has 15 heavy (non-hydrogen) atoms. The predicted octanol–water partition coefficient (Wildman–Crippen LogP) is 3.69. The third-order valence-corrected chi connectivity index (χ3v) is 4.19. The maximum absolute atomic E-state index is 8.57. The third-order valence-electron chi connectivity index (χ3n) is 1.96. The van der Waals surface area contributed by atoms with Gasteiger partial charge < -0.3 is 0 Å². The van der Waals surface area contributed by atoms with E-state index in [0.717, 1.165) is 9.86 Å². The van der Waals surface area contributed by atoms with Crippen LogP contribution in [0.15, 0.2) is 28.6 Å². The summed E-state index contributed by atoms with van der Waals surface area (Å²) in [5.41, 5.74) is 1.05. The first-order valence-electron chi connectivity index (χ1n) is 4.69. The van der Waals surface area contributed by atoms with Crippen LogP contribution in [0.2, 0.25) is 0 Å². The van der Waals surface area contributed by atoms with Crippen LogP contribution < -0.4 is 0 Å². The van der Waals surface area contributed by atoms with Gasteiger partial charge in [-0.05, 0) is 12.1 Å². The molecule has 76 valence electrons. The highest BCUT2D eigenvalue weighted by Gasteiger charge is 2.08. The minimum atomic E-state index is 0.315. The van der Waals surface area contributed by atoms with Crippen LogP contribution in [0.3, 0.4) is 0 Å². The third kappa shape index (κ3) is 2.49. The van der Waals surface area contributed by atoms with E-state index >= 15 is 0 Å². The van der Waals surface area contributed by atoms with Gasteiger partial charge in [-0.3, -0.25) is 0 Å². The molecule has 0 aliphatic rings. The van der Waals surface area contributed by atoms with Crippen molar-refractivity contribution in [2.45, 2.75) is 22.9 Å². The Labute approximate surface area is 96.9 Å². The molecule has 0 aliphatic carbocycles. The van der Waals surface area contributed by atoms with Crippen LogP contribution in [0, 0.1) is 11.3 Å². The van der Waals surface area contributed by atoms with Crippen molar-refractivity contribution in [3.8, 4) is 6.07 Å². The number of nitrogens with zero attached hydrogens (tertiary/aromatic N) is 2. The maximum atomic E-state index is 8.57. The van der Waals surface area contributed by atoms with Gasteiger partial charge >= 0.3 is 0 Å². The lowest BCUT2D eigenvalue weighted by Gasteiger charge is -2.01. The molecule has 0 aliphatic heterocycles. The number of nitriles is 1. The predicted molar refractivity (Wildman–Crippen MR) is 65.2 cm³/mol. The number of thioether (sulfide) groups is 1. The molecule has 0 saturated heterocycles. The van der Waals surface area contributed by atoms with Crippen LogP contribution in [0.1, 0.15) is 13.3 Å². The maximum Gasteiger partial charge on any atom is 0.151 e. The topological polar surface area (TPSA) is 36.7 Å². The molecule has 2 rings (SSSR count). The second-order valence-corrected chi connectivity index (χ2v) is 5.95. The number of benzene rings is 1. The highest BCUT2D eigenvalue weighted by atomic mass is 32.2. The Balaban J connectivity index is 2.19. The van der Waals surface area contributed by atoms with Gasteiger partial charge in [0, 0.05) is 11.7 Å². The molecule has 2 nitrogen and oxygen atoms in total. The normalized spacial score (nSPS) is 12.5. The first kappa shape index (κ1) is 10.5. The smallest absolute Gasteiger partial charge is 0.151 e. The largest absolute Gasteiger partial charge is 0.230 e. The average Bonchev–Trinajstić information content (AvgIpc) is 2.59. The number of para-hydroxylation sites is 1. The molecule has 0 amide bonds. The van der Waals surface area contributed by atoms with Gasteiger partial charge in [-0.15, -0.1) is 11.3 Å². The summed E-state index contributed by atoms with van der Waals surface area (Å²) in [5.74, 6) is 0. The quantitative estimate of drug-likeness (QED) is 0.760. The molecule has 4 heteroatoms. The molecule has 1 unspecified atom stereocenters. The molecule has 0 N–H and O–H groups in total. The van der Waals surface area contributed by atoms with E-state index < -0.39 is 0 Å². The Morgan fingerprint density at radius 3 is 3.07 bits per heavy atom. The van der Waals surface area contributed by atoms with Crippen LogP contribution >= 0.6 is 23.1 Å². The molecule has 0 fully saturated rings. The Kier molecular flexibility index (Phi) is 3.24. The second-order valence-electron chi connectivity index (χ2n) is 3.24. The summed E-state index contributed by atoms with van der Waals surface area (Å²) in [5, 5.41) is 8.89. The van der Waals surface area contributed by atoms with Crippen molar-refractivity contribution >= 4 is 33.3 Å². The van der Waals surface area contributed by atoms with Crippen LogP contribution in [-0.2, 0) is 0 Å². The van der Waals surface area contributed by atoms with Crippen molar-refractivity contribution in [1.29, 1.82) is 5.26 Å². The van der Waals surface area contributed by atoms with Gasteiger partial charge in [0.15, 0.2) is 4.34 Å². The molecule has 0 radical (unpaired) electrons. The average molecular weight is 234 g/mol. The lowest BCUT2D eigenvalue weighted by molar-refractivity contribution is 0.988.